The van der Waals surface area contributed by atoms with Gasteiger partial charge in [-0.25, -0.2) is 0 Å². The summed E-state index contributed by atoms with van der Waals surface area (Å²) in [7, 11) is 0. The molecule has 0 fully saturated rings. The van der Waals surface area contributed by atoms with Gasteiger partial charge in [-0.15, -0.1) is 0 Å². The Morgan fingerprint density at radius 2 is 0.969 bits per heavy atom. The van der Waals surface area contributed by atoms with E-state index in [4.69, 9.17) is 18.9 Å². The molecule has 0 aliphatic heterocycles. The van der Waals surface area contributed by atoms with E-state index in [1.165, 1.54) is 0 Å². The maximum Gasteiger partial charge on any atom is 0.336 e. The van der Waals surface area contributed by atoms with Gasteiger partial charge in [0.15, 0.2) is 0 Å². The van der Waals surface area contributed by atoms with E-state index < -0.39 is 35.2 Å². The number of ether oxygens (including phenoxy) is 4. The molecule has 0 aromatic rings. The number of carbonyl (C=O) groups is 4. The number of hydrogen-bond donors (Lipinski definition) is 0. The first-order valence-corrected chi connectivity index (χ1v) is 12.1. The third-order valence-electron chi connectivity index (χ3n) is 4.88. The summed E-state index contributed by atoms with van der Waals surface area (Å²) >= 11 is 0. The van der Waals surface area contributed by atoms with Gasteiger partial charge in [0.05, 0.1) is 32.3 Å². The zero-order valence-corrected chi connectivity index (χ0v) is 20.5. The van der Waals surface area contributed by atoms with Gasteiger partial charge in [0.2, 0.25) is 0 Å². The molecule has 0 aromatic heterocycles. The lowest BCUT2D eigenvalue weighted by molar-refractivity contribution is -0.195. The molecule has 0 N–H and O–H groups in total. The number of rotatable bonds is 18. The van der Waals surface area contributed by atoms with Gasteiger partial charge in [-0.3, -0.25) is 19.2 Å². The highest BCUT2D eigenvalue weighted by Gasteiger charge is 2.65. The van der Waals surface area contributed by atoms with Crippen molar-refractivity contribution in [3.63, 3.8) is 0 Å². The Bertz CT molecular complexity index is 522. The molecule has 8 nitrogen and oxygen atoms in total. The molecule has 0 amide bonds. The molecule has 0 saturated heterocycles. The molecule has 186 valence electrons. The van der Waals surface area contributed by atoms with Crippen LogP contribution in [0.5, 0.6) is 0 Å². The maximum atomic E-state index is 13.3. The Labute approximate surface area is 192 Å². The van der Waals surface area contributed by atoms with Crippen molar-refractivity contribution in [2.45, 2.75) is 92.4 Å². The van der Waals surface area contributed by atoms with E-state index in [-0.39, 0.29) is 32.8 Å². The van der Waals surface area contributed by atoms with Crippen molar-refractivity contribution >= 4 is 23.9 Å². The van der Waals surface area contributed by atoms with Crippen LogP contribution >= 0.6 is 0 Å². The van der Waals surface area contributed by atoms with Crippen LogP contribution in [-0.2, 0) is 38.1 Å². The van der Waals surface area contributed by atoms with Crippen LogP contribution in [0.1, 0.15) is 92.4 Å². The zero-order chi connectivity index (χ0) is 24.4. The lowest BCUT2D eigenvalue weighted by atomic mass is 9.72. The average Bonchev–Trinajstić information content (AvgIpc) is 2.79. The third kappa shape index (κ3) is 8.79. The Balaban J connectivity index is 6.48. The zero-order valence-electron chi connectivity index (χ0n) is 20.5. The van der Waals surface area contributed by atoms with Crippen LogP contribution in [0, 0.1) is 11.3 Å². The highest BCUT2D eigenvalue weighted by molar-refractivity contribution is 6.20. The van der Waals surface area contributed by atoms with Crippen molar-refractivity contribution in [2.24, 2.45) is 11.3 Å². The molecule has 0 bridgehead atoms. The first-order valence-electron chi connectivity index (χ1n) is 12.1. The van der Waals surface area contributed by atoms with E-state index in [0.29, 0.717) is 32.1 Å². The Hall–Kier alpha value is -2.12. The van der Waals surface area contributed by atoms with Gasteiger partial charge in [-0.2, -0.15) is 0 Å². The van der Waals surface area contributed by atoms with E-state index in [2.05, 4.69) is 0 Å². The molecule has 0 spiro atoms. The van der Waals surface area contributed by atoms with Gasteiger partial charge in [0, 0.05) is 0 Å². The molecule has 0 aromatic carbocycles. The maximum absolute atomic E-state index is 13.3. The predicted molar refractivity (Wildman–Crippen MR) is 120 cm³/mol. The number of esters is 4. The van der Waals surface area contributed by atoms with Crippen LogP contribution in [0.4, 0.5) is 0 Å². The second kappa shape index (κ2) is 17.4. The highest BCUT2D eigenvalue weighted by atomic mass is 16.6. The molecule has 0 saturated carbocycles. The van der Waals surface area contributed by atoms with Crippen LogP contribution in [0.2, 0.25) is 0 Å². The van der Waals surface area contributed by atoms with Gasteiger partial charge in [0.25, 0.3) is 5.41 Å². The lowest BCUT2D eigenvalue weighted by Crippen LogP contribution is -2.57. The number of hydrogen-bond acceptors (Lipinski definition) is 8. The van der Waals surface area contributed by atoms with Crippen molar-refractivity contribution in [2.75, 3.05) is 26.4 Å². The third-order valence-corrected chi connectivity index (χ3v) is 4.88. The van der Waals surface area contributed by atoms with Gasteiger partial charge in [-0.05, 0) is 32.1 Å². The second-order valence-corrected chi connectivity index (χ2v) is 7.79. The normalized spacial score (nSPS) is 12.0. The fourth-order valence-electron chi connectivity index (χ4n) is 3.19. The molecule has 8 heteroatoms. The number of unbranched alkanes of at least 4 members (excludes halogenated alkanes) is 3. The molecule has 0 aliphatic rings. The minimum absolute atomic E-state index is 0.00470. The summed E-state index contributed by atoms with van der Waals surface area (Å²) in [6, 6.07) is 0. The lowest BCUT2D eigenvalue weighted by Gasteiger charge is -2.33. The minimum Gasteiger partial charge on any atom is -0.465 e. The molecule has 0 aliphatic carbocycles. The Kier molecular flexibility index (Phi) is 16.3. The van der Waals surface area contributed by atoms with E-state index >= 15 is 0 Å². The standard InChI is InChI=1S/C24H42O8/c1-6-11-12-13-14-19(20(25)29-15-7-2)24(21(26)30-16-8-3,22(27)31-17-9-4)23(28)32-18-10-5/h19H,6-18H2,1-5H3. The molecule has 1 unspecified atom stereocenters. The molecule has 0 rings (SSSR count). The van der Waals surface area contributed by atoms with Crippen LogP contribution < -0.4 is 0 Å². The van der Waals surface area contributed by atoms with Crippen LogP contribution in [0.25, 0.3) is 0 Å². The summed E-state index contributed by atoms with van der Waals surface area (Å²) in [5.74, 6) is -5.52. The largest absolute Gasteiger partial charge is 0.465 e. The smallest absolute Gasteiger partial charge is 0.336 e. The summed E-state index contributed by atoms with van der Waals surface area (Å²) < 4.78 is 21.1. The molecule has 1 atom stereocenters. The topological polar surface area (TPSA) is 105 Å². The van der Waals surface area contributed by atoms with Crippen LogP contribution in [-0.4, -0.2) is 50.3 Å². The summed E-state index contributed by atoms with van der Waals surface area (Å²) in [6.45, 7) is 9.34. The fraction of sp³-hybridized carbons (Fsp3) is 0.833. The van der Waals surface area contributed by atoms with Crippen molar-refractivity contribution < 1.29 is 38.1 Å². The average molecular weight is 459 g/mol. The van der Waals surface area contributed by atoms with Crippen LogP contribution in [0.15, 0.2) is 0 Å². The quantitative estimate of drug-likeness (QED) is 0.129. The van der Waals surface area contributed by atoms with Crippen molar-refractivity contribution in [3.05, 3.63) is 0 Å². The molecule has 0 heterocycles. The van der Waals surface area contributed by atoms with E-state index in [1.807, 2.05) is 13.8 Å². The van der Waals surface area contributed by atoms with Crippen molar-refractivity contribution in [1.82, 2.24) is 0 Å². The van der Waals surface area contributed by atoms with Gasteiger partial charge in [-0.1, -0.05) is 60.3 Å². The predicted octanol–water partition coefficient (Wildman–Crippen LogP) is 4.37. The molecule has 32 heavy (non-hydrogen) atoms. The number of carbonyl (C=O) groups excluding carboxylic acids is 4. The first-order chi connectivity index (χ1) is 15.4. The minimum atomic E-state index is -2.55. The Morgan fingerprint density at radius 1 is 0.562 bits per heavy atom. The van der Waals surface area contributed by atoms with Gasteiger partial charge < -0.3 is 18.9 Å². The summed E-state index contributed by atoms with van der Waals surface area (Å²) in [6.07, 6.45) is 5.31. The Morgan fingerprint density at radius 3 is 1.34 bits per heavy atom. The molecular formula is C24H42O8. The second-order valence-electron chi connectivity index (χ2n) is 7.79. The molecule has 0 radical (unpaired) electrons. The van der Waals surface area contributed by atoms with E-state index in [1.54, 1.807) is 20.8 Å². The van der Waals surface area contributed by atoms with Gasteiger partial charge >= 0.3 is 23.9 Å². The van der Waals surface area contributed by atoms with E-state index in [0.717, 1.165) is 19.3 Å². The summed E-state index contributed by atoms with van der Waals surface area (Å²) in [5, 5.41) is 0. The van der Waals surface area contributed by atoms with Crippen molar-refractivity contribution in [3.8, 4) is 0 Å². The molecular weight excluding hydrogens is 416 g/mol. The summed E-state index contributed by atoms with van der Waals surface area (Å²) in [5.41, 5.74) is -2.55. The highest BCUT2D eigenvalue weighted by Crippen LogP contribution is 2.38. The van der Waals surface area contributed by atoms with Crippen molar-refractivity contribution in [1.29, 1.82) is 0 Å². The van der Waals surface area contributed by atoms with Gasteiger partial charge in [0.1, 0.15) is 0 Å². The fourth-order valence-corrected chi connectivity index (χ4v) is 3.19. The first kappa shape index (κ1) is 29.9. The summed E-state index contributed by atoms with van der Waals surface area (Å²) in [4.78, 5) is 53.0. The van der Waals surface area contributed by atoms with E-state index in [9.17, 15) is 19.2 Å². The monoisotopic (exact) mass is 458 g/mol. The SMILES string of the molecule is CCCCCCC(C(=O)OCCC)C(C(=O)OCCC)(C(=O)OCCC)C(=O)OCCC. The van der Waals surface area contributed by atoms with Crippen LogP contribution in [0.3, 0.4) is 0 Å².